The molecule has 2 aromatic rings. The molecule has 0 amide bonds. The van der Waals surface area contributed by atoms with Crippen LogP contribution < -0.4 is 5.32 Å². The zero-order valence-corrected chi connectivity index (χ0v) is 11.1. The van der Waals surface area contributed by atoms with E-state index in [4.69, 9.17) is 0 Å². The maximum absolute atomic E-state index is 4.65. The van der Waals surface area contributed by atoms with E-state index in [1.807, 2.05) is 0 Å². The number of hydrogen-bond acceptors (Lipinski definition) is 2. The molecular formula is C14H21N3. The van der Waals surface area contributed by atoms with Crippen molar-refractivity contribution in [3.8, 4) is 0 Å². The van der Waals surface area contributed by atoms with Crippen LogP contribution in [0.5, 0.6) is 0 Å². The van der Waals surface area contributed by atoms with E-state index in [0.717, 1.165) is 24.3 Å². The van der Waals surface area contributed by atoms with Crippen LogP contribution in [0, 0.1) is 0 Å². The van der Waals surface area contributed by atoms with Crippen LogP contribution >= 0.6 is 0 Å². The summed E-state index contributed by atoms with van der Waals surface area (Å²) in [6, 6.07) is 7.04. The van der Waals surface area contributed by atoms with Gasteiger partial charge in [0.2, 0.25) is 0 Å². The lowest BCUT2D eigenvalue weighted by Crippen LogP contribution is -2.21. The van der Waals surface area contributed by atoms with E-state index in [1.54, 1.807) is 0 Å². The summed E-state index contributed by atoms with van der Waals surface area (Å²) in [5, 5.41) is 3.43. The summed E-state index contributed by atoms with van der Waals surface area (Å²) < 4.78 is 2.18. The third-order valence-corrected chi connectivity index (χ3v) is 3.07. The number of nitrogens with zero attached hydrogens (tertiary/aromatic N) is 2. The Morgan fingerprint density at radius 1 is 1.35 bits per heavy atom. The normalized spacial score (nSPS) is 11.6. The van der Waals surface area contributed by atoms with Crippen molar-refractivity contribution in [3.05, 3.63) is 29.6 Å². The first-order chi connectivity index (χ1) is 8.11. The van der Waals surface area contributed by atoms with E-state index in [0.29, 0.717) is 6.04 Å². The number of fused-ring (bicyclic) bond motifs is 1. The number of benzene rings is 1. The number of imidazole rings is 1. The van der Waals surface area contributed by atoms with Gasteiger partial charge in [-0.2, -0.15) is 0 Å². The van der Waals surface area contributed by atoms with Gasteiger partial charge in [0.15, 0.2) is 0 Å². The first kappa shape index (κ1) is 12.1. The average Bonchev–Trinajstić information content (AvgIpc) is 2.63. The van der Waals surface area contributed by atoms with Crippen LogP contribution in [-0.4, -0.2) is 15.6 Å². The molecule has 3 heteroatoms. The van der Waals surface area contributed by atoms with Crippen molar-refractivity contribution < 1.29 is 0 Å². The fourth-order valence-electron chi connectivity index (χ4n) is 2.04. The molecule has 3 nitrogen and oxygen atoms in total. The second-order valence-corrected chi connectivity index (χ2v) is 4.80. The van der Waals surface area contributed by atoms with Crippen LogP contribution in [0.2, 0.25) is 0 Å². The summed E-state index contributed by atoms with van der Waals surface area (Å²) in [6.07, 6.45) is 0.977. The second kappa shape index (κ2) is 4.88. The molecule has 1 aromatic heterocycles. The smallest absolute Gasteiger partial charge is 0.109 e. The number of rotatable bonds is 4. The summed E-state index contributed by atoms with van der Waals surface area (Å²) in [7, 11) is 2.08. The molecular weight excluding hydrogens is 210 g/mol. The molecule has 0 atom stereocenters. The first-order valence-electron chi connectivity index (χ1n) is 6.29. The minimum atomic E-state index is 0.514. The Morgan fingerprint density at radius 3 is 2.76 bits per heavy atom. The highest BCUT2D eigenvalue weighted by Crippen LogP contribution is 2.17. The van der Waals surface area contributed by atoms with Crippen molar-refractivity contribution in [2.75, 3.05) is 0 Å². The SMILES string of the molecule is CCc1nc2cc(CNC(C)C)ccc2n1C. The van der Waals surface area contributed by atoms with Crippen molar-refractivity contribution in [2.24, 2.45) is 7.05 Å². The molecule has 0 radical (unpaired) electrons. The monoisotopic (exact) mass is 231 g/mol. The maximum atomic E-state index is 4.65. The third kappa shape index (κ3) is 2.50. The predicted octanol–water partition coefficient (Wildman–Crippen LogP) is 2.63. The van der Waals surface area contributed by atoms with Crippen LogP contribution in [0.15, 0.2) is 18.2 Å². The van der Waals surface area contributed by atoms with Gasteiger partial charge in [0.1, 0.15) is 5.82 Å². The zero-order chi connectivity index (χ0) is 12.4. The highest BCUT2D eigenvalue weighted by molar-refractivity contribution is 5.76. The van der Waals surface area contributed by atoms with E-state index >= 15 is 0 Å². The number of aryl methyl sites for hydroxylation is 2. The molecule has 0 saturated heterocycles. The summed E-state index contributed by atoms with van der Waals surface area (Å²) in [5.41, 5.74) is 3.62. The van der Waals surface area contributed by atoms with E-state index in [1.165, 1.54) is 11.1 Å². The quantitative estimate of drug-likeness (QED) is 0.876. The molecule has 0 unspecified atom stereocenters. The Labute approximate surface area is 103 Å². The van der Waals surface area contributed by atoms with Crippen molar-refractivity contribution in [1.82, 2.24) is 14.9 Å². The van der Waals surface area contributed by atoms with Gasteiger partial charge in [0, 0.05) is 26.1 Å². The Bertz CT molecular complexity index is 511. The van der Waals surface area contributed by atoms with E-state index in [9.17, 15) is 0 Å². The Morgan fingerprint density at radius 2 is 2.12 bits per heavy atom. The van der Waals surface area contributed by atoms with Gasteiger partial charge in [-0.25, -0.2) is 4.98 Å². The summed E-state index contributed by atoms with van der Waals surface area (Å²) in [5.74, 6) is 1.15. The van der Waals surface area contributed by atoms with Crippen LogP contribution in [0.1, 0.15) is 32.2 Å². The Hall–Kier alpha value is -1.35. The number of hydrogen-bond donors (Lipinski definition) is 1. The van der Waals surface area contributed by atoms with Crippen LogP contribution in [-0.2, 0) is 20.0 Å². The van der Waals surface area contributed by atoms with Crippen molar-refractivity contribution >= 4 is 11.0 Å². The molecule has 17 heavy (non-hydrogen) atoms. The molecule has 0 aliphatic rings. The molecule has 0 bridgehead atoms. The third-order valence-electron chi connectivity index (χ3n) is 3.07. The van der Waals surface area contributed by atoms with E-state index in [-0.39, 0.29) is 0 Å². The zero-order valence-electron chi connectivity index (χ0n) is 11.1. The van der Waals surface area contributed by atoms with Crippen LogP contribution in [0.3, 0.4) is 0 Å². The van der Waals surface area contributed by atoms with Gasteiger partial charge in [0.05, 0.1) is 11.0 Å². The van der Waals surface area contributed by atoms with E-state index < -0.39 is 0 Å². The molecule has 1 heterocycles. The number of aromatic nitrogens is 2. The molecule has 0 aliphatic carbocycles. The lowest BCUT2D eigenvalue weighted by molar-refractivity contribution is 0.589. The second-order valence-electron chi connectivity index (χ2n) is 4.80. The summed E-state index contributed by atoms with van der Waals surface area (Å²) in [4.78, 5) is 4.65. The van der Waals surface area contributed by atoms with Gasteiger partial charge in [-0.1, -0.05) is 26.8 Å². The molecule has 2 rings (SSSR count). The lowest BCUT2D eigenvalue weighted by Gasteiger charge is -2.07. The molecule has 1 N–H and O–H groups in total. The lowest BCUT2D eigenvalue weighted by atomic mass is 10.2. The van der Waals surface area contributed by atoms with E-state index in [2.05, 4.69) is 60.9 Å². The summed E-state index contributed by atoms with van der Waals surface area (Å²) >= 11 is 0. The molecule has 0 aliphatic heterocycles. The predicted molar refractivity (Wildman–Crippen MR) is 72.1 cm³/mol. The van der Waals surface area contributed by atoms with Crippen LogP contribution in [0.25, 0.3) is 11.0 Å². The minimum absolute atomic E-state index is 0.514. The fraction of sp³-hybridized carbons (Fsp3) is 0.500. The Kier molecular flexibility index (Phi) is 3.48. The number of nitrogens with one attached hydrogen (secondary N) is 1. The van der Waals surface area contributed by atoms with Gasteiger partial charge < -0.3 is 9.88 Å². The minimum Gasteiger partial charge on any atom is -0.331 e. The van der Waals surface area contributed by atoms with Gasteiger partial charge in [-0.15, -0.1) is 0 Å². The highest BCUT2D eigenvalue weighted by Gasteiger charge is 2.06. The Balaban J connectivity index is 2.31. The molecule has 0 saturated carbocycles. The molecule has 92 valence electrons. The van der Waals surface area contributed by atoms with Crippen LogP contribution in [0.4, 0.5) is 0 Å². The van der Waals surface area contributed by atoms with Gasteiger partial charge in [-0.3, -0.25) is 0 Å². The van der Waals surface area contributed by atoms with Crippen molar-refractivity contribution in [1.29, 1.82) is 0 Å². The molecule has 0 fully saturated rings. The van der Waals surface area contributed by atoms with Crippen molar-refractivity contribution in [3.63, 3.8) is 0 Å². The molecule has 1 aromatic carbocycles. The van der Waals surface area contributed by atoms with Gasteiger partial charge in [-0.05, 0) is 17.7 Å². The maximum Gasteiger partial charge on any atom is 0.109 e. The van der Waals surface area contributed by atoms with Crippen molar-refractivity contribution in [2.45, 2.75) is 39.8 Å². The standard InChI is InChI=1S/C14H21N3/c1-5-14-16-12-8-11(9-15-10(2)3)6-7-13(12)17(14)4/h6-8,10,15H,5,9H2,1-4H3. The molecule has 0 spiro atoms. The summed E-state index contributed by atoms with van der Waals surface area (Å²) in [6.45, 7) is 7.37. The average molecular weight is 231 g/mol. The first-order valence-corrected chi connectivity index (χ1v) is 6.29. The van der Waals surface area contributed by atoms with Gasteiger partial charge in [0.25, 0.3) is 0 Å². The fourth-order valence-corrected chi connectivity index (χ4v) is 2.04. The van der Waals surface area contributed by atoms with Gasteiger partial charge >= 0.3 is 0 Å². The topological polar surface area (TPSA) is 29.9 Å². The largest absolute Gasteiger partial charge is 0.331 e. The highest BCUT2D eigenvalue weighted by atomic mass is 15.1.